The van der Waals surface area contributed by atoms with Crippen LogP contribution >= 0.6 is 0 Å². The summed E-state index contributed by atoms with van der Waals surface area (Å²) in [4.78, 5) is 38.3. The zero-order valence-electron chi connectivity index (χ0n) is 18.3. The van der Waals surface area contributed by atoms with Crippen molar-refractivity contribution in [2.24, 2.45) is 5.92 Å². The Bertz CT molecular complexity index is 998. The molecular formula is C24H27NO6. The fourth-order valence-electron chi connectivity index (χ4n) is 3.22. The Morgan fingerprint density at radius 2 is 1.77 bits per heavy atom. The van der Waals surface area contributed by atoms with Gasteiger partial charge in [-0.15, -0.1) is 0 Å². The number of amides is 1. The second-order valence-corrected chi connectivity index (χ2v) is 7.77. The molecule has 2 aromatic rings. The summed E-state index contributed by atoms with van der Waals surface area (Å²) in [5, 5.41) is 0. The number of hydrogen-bond donors (Lipinski definition) is 0. The highest BCUT2D eigenvalue weighted by molar-refractivity contribution is 6.04. The van der Waals surface area contributed by atoms with Crippen LogP contribution in [0.2, 0.25) is 0 Å². The van der Waals surface area contributed by atoms with Crippen LogP contribution in [-0.4, -0.2) is 44.5 Å². The van der Waals surface area contributed by atoms with Crippen LogP contribution in [0.5, 0.6) is 11.5 Å². The fraction of sp³-hybridized carbons (Fsp3) is 0.375. The standard InChI is InChI=1S/C24H27NO6/c1-5-29-22-11-17(7-9-21(22)30-13-15(2)3)24(28)31-14-20(26)16-6-8-19-18(10-16)12-23(27)25(19)4/h6-11,15H,5,12-14H2,1-4H3. The predicted molar refractivity (Wildman–Crippen MR) is 116 cm³/mol. The molecule has 7 heteroatoms. The minimum Gasteiger partial charge on any atom is -0.490 e. The molecule has 2 aromatic carbocycles. The summed E-state index contributed by atoms with van der Waals surface area (Å²) in [5.74, 6) is 0.387. The molecular weight excluding hydrogens is 398 g/mol. The Morgan fingerprint density at radius 3 is 2.48 bits per heavy atom. The van der Waals surface area contributed by atoms with Crippen LogP contribution in [-0.2, 0) is 16.0 Å². The van der Waals surface area contributed by atoms with Crippen LogP contribution < -0.4 is 14.4 Å². The molecule has 31 heavy (non-hydrogen) atoms. The third-order valence-corrected chi connectivity index (χ3v) is 4.86. The summed E-state index contributed by atoms with van der Waals surface area (Å²) in [6, 6.07) is 9.86. The van der Waals surface area contributed by atoms with Gasteiger partial charge in [-0.1, -0.05) is 13.8 Å². The smallest absolute Gasteiger partial charge is 0.338 e. The number of carbonyl (C=O) groups excluding carboxylic acids is 3. The van der Waals surface area contributed by atoms with E-state index in [0.717, 1.165) is 11.3 Å². The average molecular weight is 425 g/mol. The van der Waals surface area contributed by atoms with E-state index in [2.05, 4.69) is 0 Å². The predicted octanol–water partition coefficient (Wildman–Crippen LogP) is 3.68. The maximum Gasteiger partial charge on any atom is 0.338 e. The van der Waals surface area contributed by atoms with Gasteiger partial charge >= 0.3 is 5.97 Å². The number of anilines is 1. The van der Waals surface area contributed by atoms with Crippen molar-refractivity contribution in [3.05, 3.63) is 53.1 Å². The van der Waals surface area contributed by atoms with Gasteiger partial charge in [-0.3, -0.25) is 9.59 Å². The zero-order chi connectivity index (χ0) is 22.5. The lowest BCUT2D eigenvalue weighted by molar-refractivity contribution is -0.117. The van der Waals surface area contributed by atoms with E-state index >= 15 is 0 Å². The maximum atomic E-state index is 12.5. The number of rotatable bonds is 9. The second kappa shape index (κ2) is 9.64. The Hall–Kier alpha value is -3.35. The normalized spacial score (nSPS) is 12.7. The number of Topliss-reactive ketones (excluding diaryl/α,β-unsaturated/α-hetero) is 1. The lowest BCUT2D eigenvalue weighted by atomic mass is 10.1. The van der Waals surface area contributed by atoms with E-state index in [0.29, 0.717) is 36.2 Å². The number of esters is 1. The number of ether oxygens (including phenoxy) is 3. The number of likely N-dealkylation sites (N-methyl/N-ethyl adjacent to an activating group) is 1. The number of nitrogens with zero attached hydrogens (tertiary/aromatic N) is 1. The van der Waals surface area contributed by atoms with E-state index < -0.39 is 12.6 Å². The first kappa shape index (κ1) is 22.3. The van der Waals surface area contributed by atoms with Gasteiger partial charge in [0.1, 0.15) is 0 Å². The highest BCUT2D eigenvalue weighted by Crippen LogP contribution is 2.30. The summed E-state index contributed by atoms with van der Waals surface area (Å²) in [6.45, 7) is 6.49. The molecule has 0 saturated heterocycles. The van der Waals surface area contributed by atoms with Gasteiger partial charge in [-0.2, -0.15) is 0 Å². The first-order chi connectivity index (χ1) is 14.8. The van der Waals surface area contributed by atoms with Crippen LogP contribution in [0.3, 0.4) is 0 Å². The average Bonchev–Trinajstić information content (AvgIpc) is 3.03. The topological polar surface area (TPSA) is 82.1 Å². The van der Waals surface area contributed by atoms with E-state index in [-0.39, 0.29) is 23.7 Å². The molecule has 7 nitrogen and oxygen atoms in total. The van der Waals surface area contributed by atoms with Crippen LogP contribution in [0.15, 0.2) is 36.4 Å². The van der Waals surface area contributed by atoms with E-state index in [1.165, 1.54) is 0 Å². The van der Waals surface area contributed by atoms with Crippen molar-refractivity contribution in [3.63, 3.8) is 0 Å². The third kappa shape index (κ3) is 5.23. The molecule has 0 spiro atoms. The Labute approximate surface area is 181 Å². The van der Waals surface area contributed by atoms with Crippen molar-refractivity contribution < 1.29 is 28.6 Å². The van der Waals surface area contributed by atoms with Gasteiger partial charge < -0.3 is 19.1 Å². The number of hydrogen-bond acceptors (Lipinski definition) is 6. The molecule has 0 aromatic heterocycles. The van der Waals surface area contributed by atoms with Crippen molar-refractivity contribution in [1.82, 2.24) is 0 Å². The molecule has 0 unspecified atom stereocenters. The molecule has 1 heterocycles. The van der Waals surface area contributed by atoms with E-state index in [1.807, 2.05) is 20.8 Å². The summed E-state index contributed by atoms with van der Waals surface area (Å²) in [6.07, 6.45) is 0.262. The van der Waals surface area contributed by atoms with Crippen LogP contribution in [0.1, 0.15) is 47.1 Å². The highest BCUT2D eigenvalue weighted by Gasteiger charge is 2.25. The minimum absolute atomic E-state index is 0.0167. The van der Waals surface area contributed by atoms with Crippen LogP contribution in [0.25, 0.3) is 0 Å². The maximum absolute atomic E-state index is 12.5. The monoisotopic (exact) mass is 425 g/mol. The molecule has 0 fully saturated rings. The third-order valence-electron chi connectivity index (χ3n) is 4.86. The van der Waals surface area contributed by atoms with E-state index in [9.17, 15) is 14.4 Å². The summed E-state index contributed by atoms with van der Waals surface area (Å²) >= 11 is 0. The van der Waals surface area contributed by atoms with Crippen LogP contribution in [0, 0.1) is 5.92 Å². The number of benzene rings is 2. The molecule has 1 amide bonds. The number of ketones is 1. The van der Waals surface area contributed by atoms with Crippen molar-refractivity contribution in [3.8, 4) is 11.5 Å². The summed E-state index contributed by atoms with van der Waals surface area (Å²) in [7, 11) is 1.70. The van der Waals surface area contributed by atoms with Gasteiger partial charge in [-0.05, 0) is 54.8 Å². The Morgan fingerprint density at radius 1 is 1.03 bits per heavy atom. The van der Waals surface area contributed by atoms with Gasteiger partial charge in [-0.25, -0.2) is 4.79 Å². The Balaban J connectivity index is 1.65. The molecule has 1 aliphatic heterocycles. The lowest BCUT2D eigenvalue weighted by Gasteiger charge is -2.14. The van der Waals surface area contributed by atoms with Crippen molar-refractivity contribution in [2.75, 3.05) is 31.8 Å². The molecule has 0 saturated carbocycles. The summed E-state index contributed by atoms with van der Waals surface area (Å²) < 4.78 is 16.5. The molecule has 0 radical (unpaired) electrons. The quantitative estimate of drug-likeness (QED) is 0.450. The second-order valence-electron chi connectivity index (χ2n) is 7.77. The van der Waals surface area contributed by atoms with E-state index in [4.69, 9.17) is 14.2 Å². The zero-order valence-corrected chi connectivity index (χ0v) is 18.3. The van der Waals surface area contributed by atoms with Crippen molar-refractivity contribution in [2.45, 2.75) is 27.2 Å². The van der Waals surface area contributed by atoms with Crippen LogP contribution in [0.4, 0.5) is 5.69 Å². The van der Waals surface area contributed by atoms with Gasteiger partial charge in [0, 0.05) is 18.3 Å². The number of carbonyl (C=O) groups is 3. The van der Waals surface area contributed by atoms with Crippen molar-refractivity contribution >= 4 is 23.3 Å². The van der Waals surface area contributed by atoms with Gasteiger partial charge in [0.2, 0.25) is 5.91 Å². The van der Waals surface area contributed by atoms with Gasteiger partial charge in [0.25, 0.3) is 0 Å². The van der Waals surface area contributed by atoms with Gasteiger partial charge in [0.05, 0.1) is 25.2 Å². The number of fused-ring (bicyclic) bond motifs is 1. The van der Waals surface area contributed by atoms with Crippen molar-refractivity contribution in [1.29, 1.82) is 0 Å². The molecule has 0 atom stereocenters. The molecule has 164 valence electrons. The molecule has 3 rings (SSSR count). The van der Waals surface area contributed by atoms with E-state index in [1.54, 1.807) is 48.3 Å². The lowest BCUT2D eigenvalue weighted by Crippen LogP contribution is -2.20. The highest BCUT2D eigenvalue weighted by atomic mass is 16.5. The largest absolute Gasteiger partial charge is 0.490 e. The minimum atomic E-state index is -0.624. The SMILES string of the molecule is CCOc1cc(C(=O)OCC(=O)c2ccc3c(c2)CC(=O)N3C)ccc1OCC(C)C. The molecule has 0 N–H and O–H groups in total. The fourth-order valence-corrected chi connectivity index (χ4v) is 3.22. The van der Waals surface area contributed by atoms with Gasteiger partial charge in [0.15, 0.2) is 23.9 Å². The molecule has 1 aliphatic rings. The molecule has 0 aliphatic carbocycles. The summed E-state index contributed by atoms with van der Waals surface area (Å²) in [5.41, 5.74) is 2.27. The first-order valence-corrected chi connectivity index (χ1v) is 10.3. The first-order valence-electron chi connectivity index (χ1n) is 10.3. The Kier molecular flexibility index (Phi) is 6.95. The molecule has 0 bridgehead atoms.